The smallest absolute Gasteiger partial charge is 0.263 e. The molecule has 6 nitrogen and oxygen atoms in total. The van der Waals surface area contributed by atoms with Crippen molar-refractivity contribution in [3.8, 4) is 0 Å². The van der Waals surface area contributed by atoms with Gasteiger partial charge in [-0.1, -0.05) is 49.0 Å². The zero-order valence-corrected chi connectivity index (χ0v) is 18.2. The van der Waals surface area contributed by atoms with Crippen molar-refractivity contribution >= 4 is 34.4 Å². The van der Waals surface area contributed by atoms with Crippen LogP contribution in [0.25, 0.3) is 11.0 Å². The Balaban J connectivity index is 1.68. The molecule has 0 aliphatic heterocycles. The van der Waals surface area contributed by atoms with Gasteiger partial charge in [-0.2, -0.15) is 0 Å². The molecule has 0 saturated heterocycles. The summed E-state index contributed by atoms with van der Waals surface area (Å²) in [6.45, 7) is 2.22. The molecule has 1 amide bonds. The number of hydrogen-bond acceptors (Lipinski definition) is 5. The number of nitrogens with zero attached hydrogens (tertiary/aromatic N) is 3. The molecule has 4 rings (SSSR count). The summed E-state index contributed by atoms with van der Waals surface area (Å²) in [6.07, 6.45) is 2.10. The lowest BCUT2D eigenvalue weighted by Crippen LogP contribution is -2.28. The van der Waals surface area contributed by atoms with Crippen LogP contribution in [0.15, 0.2) is 82.9 Å². The number of benzene rings is 2. The van der Waals surface area contributed by atoms with Gasteiger partial charge in [0.2, 0.25) is 5.91 Å². The number of anilines is 1. The summed E-state index contributed by atoms with van der Waals surface area (Å²) in [4.78, 5) is 35.0. The molecule has 0 radical (unpaired) electrons. The second-order valence-electron chi connectivity index (χ2n) is 7.16. The Morgan fingerprint density at radius 2 is 1.84 bits per heavy atom. The molecule has 2 aromatic carbocycles. The molecule has 2 heterocycles. The number of carbonyl (C=O) groups is 1. The van der Waals surface area contributed by atoms with Crippen LogP contribution >= 0.6 is 11.8 Å². The largest absolute Gasteiger partial charge is 0.325 e. The Morgan fingerprint density at radius 3 is 2.56 bits per heavy atom. The van der Waals surface area contributed by atoms with E-state index in [0.717, 1.165) is 5.56 Å². The Labute approximate surface area is 188 Å². The molecule has 4 aromatic rings. The number of aromatic nitrogens is 3. The van der Waals surface area contributed by atoms with Crippen LogP contribution in [0.2, 0.25) is 0 Å². The molecule has 0 spiro atoms. The van der Waals surface area contributed by atoms with Crippen LogP contribution in [0.4, 0.5) is 10.1 Å². The van der Waals surface area contributed by atoms with E-state index in [1.165, 1.54) is 36.0 Å². The number of carbonyl (C=O) groups excluding carboxylic acids is 1. The molecule has 2 aromatic heterocycles. The predicted molar refractivity (Wildman–Crippen MR) is 124 cm³/mol. The van der Waals surface area contributed by atoms with E-state index in [1.54, 1.807) is 22.9 Å². The number of pyridine rings is 1. The lowest BCUT2D eigenvalue weighted by molar-refractivity contribution is -0.115. The molecule has 0 saturated carbocycles. The van der Waals surface area contributed by atoms with Gasteiger partial charge in [0.15, 0.2) is 10.8 Å². The summed E-state index contributed by atoms with van der Waals surface area (Å²) < 4.78 is 14.7. The first-order chi connectivity index (χ1) is 15.5. The van der Waals surface area contributed by atoms with Crippen molar-refractivity contribution in [3.05, 3.63) is 94.7 Å². The molecular weight excluding hydrogens is 427 g/mol. The van der Waals surface area contributed by atoms with E-state index in [9.17, 15) is 14.0 Å². The molecule has 1 N–H and O–H groups in total. The normalized spacial score (nSPS) is 11.9. The third-order valence-electron chi connectivity index (χ3n) is 4.90. The van der Waals surface area contributed by atoms with Crippen LogP contribution in [-0.2, 0) is 11.3 Å². The van der Waals surface area contributed by atoms with Crippen molar-refractivity contribution in [1.29, 1.82) is 0 Å². The first-order valence-corrected chi connectivity index (χ1v) is 11.1. The lowest BCUT2D eigenvalue weighted by Gasteiger charge is -2.18. The van der Waals surface area contributed by atoms with Crippen LogP contribution in [0.5, 0.6) is 0 Å². The highest BCUT2D eigenvalue weighted by Gasteiger charge is 2.22. The van der Waals surface area contributed by atoms with Gasteiger partial charge >= 0.3 is 0 Å². The zero-order valence-electron chi connectivity index (χ0n) is 17.4. The van der Waals surface area contributed by atoms with Crippen LogP contribution in [-0.4, -0.2) is 25.7 Å². The molecule has 162 valence electrons. The number of nitrogens with one attached hydrogen (secondary N) is 1. The SMILES string of the molecule is CC[C@@H](Sc1nc2ncccc2c(=O)n1Cc1ccccc1)C(=O)Nc1ccc(F)cc1. The Kier molecular flexibility index (Phi) is 6.61. The maximum atomic E-state index is 13.2. The summed E-state index contributed by atoms with van der Waals surface area (Å²) in [7, 11) is 0. The Morgan fingerprint density at radius 1 is 1.09 bits per heavy atom. The average molecular weight is 449 g/mol. The van der Waals surface area contributed by atoms with E-state index in [4.69, 9.17) is 0 Å². The highest BCUT2D eigenvalue weighted by atomic mass is 32.2. The summed E-state index contributed by atoms with van der Waals surface area (Å²) in [5.41, 5.74) is 1.59. The Bertz CT molecular complexity index is 1290. The van der Waals surface area contributed by atoms with Crippen molar-refractivity contribution in [1.82, 2.24) is 14.5 Å². The molecule has 0 fully saturated rings. The summed E-state index contributed by atoms with van der Waals surface area (Å²) in [6, 6.07) is 18.6. The minimum Gasteiger partial charge on any atom is -0.325 e. The van der Waals surface area contributed by atoms with Gasteiger partial charge < -0.3 is 5.32 Å². The Hall–Kier alpha value is -3.52. The number of fused-ring (bicyclic) bond motifs is 1. The van der Waals surface area contributed by atoms with Gasteiger partial charge in [-0.3, -0.25) is 14.2 Å². The van der Waals surface area contributed by atoms with Gasteiger partial charge in [-0.05, 0) is 48.4 Å². The van der Waals surface area contributed by atoms with Crippen molar-refractivity contribution in [3.63, 3.8) is 0 Å². The van der Waals surface area contributed by atoms with Crippen molar-refractivity contribution < 1.29 is 9.18 Å². The standard InChI is InChI=1S/C24H21FN4O2S/c1-2-20(22(30)27-18-12-10-17(25)11-13-18)32-24-28-21-19(9-6-14-26-21)23(31)29(24)15-16-7-4-3-5-8-16/h3-14,20H,2,15H2,1H3,(H,27,30)/t20-/m1/s1. The van der Waals surface area contributed by atoms with E-state index in [-0.39, 0.29) is 17.3 Å². The van der Waals surface area contributed by atoms with Gasteiger partial charge in [0.05, 0.1) is 17.2 Å². The number of amides is 1. The average Bonchev–Trinajstić information content (AvgIpc) is 2.82. The summed E-state index contributed by atoms with van der Waals surface area (Å²) in [5, 5.41) is 3.15. The van der Waals surface area contributed by atoms with E-state index < -0.39 is 5.25 Å². The van der Waals surface area contributed by atoms with E-state index in [0.29, 0.717) is 34.8 Å². The molecule has 0 bridgehead atoms. The van der Waals surface area contributed by atoms with Crippen LogP contribution < -0.4 is 10.9 Å². The molecule has 1 atom stereocenters. The fraction of sp³-hybridized carbons (Fsp3) is 0.167. The van der Waals surface area contributed by atoms with Gasteiger partial charge in [0, 0.05) is 11.9 Å². The first-order valence-electron chi connectivity index (χ1n) is 10.2. The molecule has 0 aliphatic rings. The van der Waals surface area contributed by atoms with E-state index in [2.05, 4.69) is 15.3 Å². The monoisotopic (exact) mass is 448 g/mol. The third-order valence-corrected chi connectivity index (χ3v) is 6.26. The van der Waals surface area contributed by atoms with E-state index >= 15 is 0 Å². The van der Waals surface area contributed by atoms with Crippen LogP contribution in [0.3, 0.4) is 0 Å². The fourth-order valence-corrected chi connectivity index (χ4v) is 4.24. The molecule has 0 unspecified atom stereocenters. The van der Waals surface area contributed by atoms with Crippen molar-refractivity contribution in [2.75, 3.05) is 5.32 Å². The highest BCUT2D eigenvalue weighted by molar-refractivity contribution is 8.00. The van der Waals surface area contributed by atoms with Gasteiger partial charge in [-0.25, -0.2) is 14.4 Å². The number of rotatable bonds is 7. The second kappa shape index (κ2) is 9.74. The second-order valence-corrected chi connectivity index (χ2v) is 8.33. The quantitative estimate of drug-likeness (QED) is 0.333. The van der Waals surface area contributed by atoms with Gasteiger partial charge in [0.25, 0.3) is 5.56 Å². The van der Waals surface area contributed by atoms with Gasteiger partial charge in [-0.15, -0.1) is 0 Å². The van der Waals surface area contributed by atoms with Crippen molar-refractivity contribution in [2.45, 2.75) is 30.3 Å². The molecule has 32 heavy (non-hydrogen) atoms. The molecule has 8 heteroatoms. The first kappa shape index (κ1) is 21.7. The summed E-state index contributed by atoms with van der Waals surface area (Å²) >= 11 is 1.22. The third kappa shape index (κ3) is 4.86. The minimum atomic E-state index is -0.505. The van der Waals surface area contributed by atoms with E-state index in [1.807, 2.05) is 37.3 Å². The van der Waals surface area contributed by atoms with Gasteiger partial charge in [0.1, 0.15) is 5.82 Å². The topological polar surface area (TPSA) is 76.9 Å². The minimum absolute atomic E-state index is 0.205. The highest BCUT2D eigenvalue weighted by Crippen LogP contribution is 2.26. The maximum absolute atomic E-state index is 13.2. The lowest BCUT2D eigenvalue weighted by atomic mass is 10.2. The van der Waals surface area contributed by atoms with Crippen LogP contribution in [0, 0.1) is 5.82 Å². The summed E-state index contributed by atoms with van der Waals surface area (Å²) in [5.74, 6) is -0.618. The van der Waals surface area contributed by atoms with Crippen LogP contribution in [0.1, 0.15) is 18.9 Å². The number of thioether (sulfide) groups is 1. The van der Waals surface area contributed by atoms with Crippen molar-refractivity contribution in [2.24, 2.45) is 0 Å². The number of hydrogen-bond donors (Lipinski definition) is 1. The fourth-order valence-electron chi connectivity index (χ4n) is 3.24. The predicted octanol–water partition coefficient (Wildman–Crippen LogP) is 4.49. The molecule has 0 aliphatic carbocycles. The maximum Gasteiger partial charge on any atom is 0.263 e. The number of halogens is 1. The molecular formula is C24H21FN4O2S. The zero-order chi connectivity index (χ0) is 22.5.